The lowest BCUT2D eigenvalue weighted by molar-refractivity contribution is 0.670. The molecule has 234 valence electrons. The van der Waals surface area contributed by atoms with Crippen LogP contribution < -0.4 is 0 Å². The van der Waals surface area contributed by atoms with Gasteiger partial charge in [0.1, 0.15) is 11.2 Å². The largest absolute Gasteiger partial charge is 0.455 e. The van der Waals surface area contributed by atoms with Gasteiger partial charge in [0.05, 0.1) is 35.7 Å². The summed E-state index contributed by atoms with van der Waals surface area (Å²) in [6, 6.07) is 4.30. The third-order valence-corrected chi connectivity index (χ3v) is 8.10. The third kappa shape index (κ3) is 4.60. The van der Waals surface area contributed by atoms with E-state index in [1.165, 1.54) is 0 Å². The molecule has 5 heteroatoms. The van der Waals surface area contributed by atoms with Gasteiger partial charge in [0.15, 0.2) is 17.5 Å². The predicted octanol–water partition coefficient (Wildman–Crippen LogP) is 11.5. The van der Waals surface area contributed by atoms with Crippen molar-refractivity contribution < 1.29 is 29.1 Å². The van der Waals surface area contributed by atoms with Gasteiger partial charge in [-0.1, -0.05) is 127 Å². The molecule has 3 heterocycles. The minimum Gasteiger partial charge on any atom is -0.455 e. The van der Waals surface area contributed by atoms with Crippen LogP contribution in [0.2, 0.25) is 0 Å². The van der Waals surface area contributed by atoms with E-state index >= 15 is 0 Å². The SMILES string of the molecule is [2H]c1c([2H])c([2H])c(-c2c([2H])c([2H])c([2H])c3c2oc2c([2H])c([2H])c(-n4c5c([2H])c([2H])c([2H])c([2H])c5c5c([2H])c(-c6nc(-c7ccccc7)nc(-c7ccccc7)n6)c([2H])c([2H])c54)c([2H])c23)c([2H])c1[2H]. The maximum absolute atomic E-state index is 9.78. The molecule has 10 aromatic rings. The second kappa shape index (κ2) is 11.4. The highest BCUT2D eigenvalue weighted by Crippen LogP contribution is 2.39. The van der Waals surface area contributed by atoms with E-state index in [0.717, 1.165) is 4.57 Å². The van der Waals surface area contributed by atoms with Crippen LogP contribution in [0.1, 0.15) is 24.7 Å². The van der Waals surface area contributed by atoms with E-state index in [2.05, 4.69) is 15.0 Å². The molecular formula is C45H28N4O. The molecule has 0 aliphatic rings. The lowest BCUT2D eigenvalue weighted by Gasteiger charge is -2.10. The molecule has 0 aliphatic carbocycles. The Labute approximate surface area is 313 Å². The van der Waals surface area contributed by atoms with Crippen LogP contribution in [0.25, 0.3) is 94.7 Å². The third-order valence-electron chi connectivity index (χ3n) is 8.10. The van der Waals surface area contributed by atoms with E-state index in [0.29, 0.717) is 11.1 Å². The molecule has 0 radical (unpaired) electrons. The minimum atomic E-state index is -0.820. The fraction of sp³-hybridized carbons (Fsp3) is 0. The van der Waals surface area contributed by atoms with Crippen molar-refractivity contribution in [3.8, 4) is 51.0 Å². The molecule has 0 aliphatic heterocycles. The van der Waals surface area contributed by atoms with Crippen molar-refractivity contribution in [3.63, 3.8) is 0 Å². The van der Waals surface area contributed by atoms with Gasteiger partial charge in [0, 0.05) is 49.5 Å². The van der Waals surface area contributed by atoms with Crippen LogP contribution in [0.5, 0.6) is 0 Å². The van der Waals surface area contributed by atoms with Gasteiger partial charge >= 0.3 is 0 Å². The number of hydrogen-bond acceptors (Lipinski definition) is 4. The number of nitrogens with zero attached hydrogens (tertiary/aromatic N) is 4. The van der Waals surface area contributed by atoms with E-state index in [9.17, 15) is 11.0 Å². The Hall–Kier alpha value is -6.85. The molecule has 0 saturated carbocycles. The molecule has 3 aromatic heterocycles. The number of furan rings is 1. The smallest absolute Gasteiger partial charge is 0.164 e. The maximum Gasteiger partial charge on any atom is 0.164 e. The summed E-state index contributed by atoms with van der Waals surface area (Å²) in [6.45, 7) is 0. The van der Waals surface area contributed by atoms with Gasteiger partial charge in [-0.3, -0.25) is 0 Å². The fourth-order valence-electron chi connectivity index (χ4n) is 5.85. The molecule has 0 spiro atoms. The van der Waals surface area contributed by atoms with Crippen LogP contribution in [-0.2, 0) is 0 Å². The van der Waals surface area contributed by atoms with Gasteiger partial charge in [0.25, 0.3) is 0 Å². The molecule has 0 amide bonds. The first-order valence-corrected chi connectivity index (χ1v) is 15.2. The zero-order valence-electron chi connectivity index (χ0n) is 43.5. The van der Waals surface area contributed by atoms with Crippen LogP contribution >= 0.6 is 0 Å². The van der Waals surface area contributed by atoms with Crippen molar-refractivity contribution in [3.05, 3.63) is 169 Å². The summed E-state index contributed by atoms with van der Waals surface area (Å²) in [6.07, 6.45) is 0. The first-order valence-electron chi connectivity index (χ1n) is 24.2. The van der Waals surface area contributed by atoms with Gasteiger partial charge in [-0.25, -0.2) is 15.0 Å². The number of fused-ring (bicyclic) bond motifs is 6. The van der Waals surface area contributed by atoms with Crippen molar-refractivity contribution in [1.82, 2.24) is 19.5 Å². The summed E-state index contributed by atoms with van der Waals surface area (Å²) in [4.78, 5) is 14.0. The first-order chi connectivity index (χ1) is 32.3. The molecule has 10 rings (SSSR count). The Bertz CT molecular complexity index is 3810. The molecule has 0 atom stereocenters. The van der Waals surface area contributed by atoms with E-state index in [1.54, 1.807) is 60.7 Å². The van der Waals surface area contributed by atoms with E-state index in [-0.39, 0.29) is 33.8 Å². The molecule has 0 unspecified atom stereocenters. The number of rotatable bonds is 5. The maximum atomic E-state index is 9.78. The first kappa shape index (κ1) is 15.6. The second-order valence-electron chi connectivity index (χ2n) is 11.1. The Kier molecular flexibility index (Phi) is 3.55. The summed E-state index contributed by atoms with van der Waals surface area (Å²) in [7, 11) is 0. The van der Waals surface area contributed by atoms with Crippen LogP contribution in [0, 0.1) is 0 Å². The monoisotopic (exact) mass is 658 g/mol. The zero-order valence-corrected chi connectivity index (χ0v) is 25.5. The highest BCUT2D eigenvalue weighted by atomic mass is 16.3. The summed E-state index contributed by atoms with van der Waals surface area (Å²) >= 11 is 0. The summed E-state index contributed by atoms with van der Waals surface area (Å²) in [5.41, 5.74) is -2.82. The standard InChI is InChI=1S/C45H28N4O/c1-4-13-29(14-5-1)34-20-12-21-36-38-28-33(24-26-41(38)50-42(34)36)49-39-22-11-10-19-35(39)37-27-32(23-25-40(37)49)45-47-43(30-15-6-2-7-16-30)46-44(48-45)31-17-8-3-9-18-31/h1-28H/i1D,4D,5D,10D,11D,12D,13D,14D,19D,20D,21D,22D,23D,24D,25D,26D,27D,28D. The molecular weight excluding hydrogens is 613 g/mol. The lowest BCUT2D eigenvalue weighted by Crippen LogP contribution is -2.00. The average molecular weight is 659 g/mol. The summed E-state index contributed by atoms with van der Waals surface area (Å²) < 4.78 is 169. The van der Waals surface area contributed by atoms with Crippen molar-refractivity contribution in [2.45, 2.75) is 0 Å². The van der Waals surface area contributed by atoms with E-state index in [1.807, 2.05) is 0 Å². The molecule has 5 nitrogen and oxygen atoms in total. The van der Waals surface area contributed by atoms with Gasteiger partial charge < -0.3 is 8.98 Å². The van der Waals surface area contributed by atoms with E-state index < -0.39 is 159 Å². The molecule has 0 saturated heterocycles. The van der Waals surface area contributed by atoms with Crippen LogP contribution in [0.4, 0.5) is 0 Å². The Morgan fingerprint density at radius 3 is 1.84 bits per heavy atom. The Balaban J connectivity index is 1.36. The molecule has 0 fully saturated rings. The molecule has 0 bridgehead atoms. The molecule has 0 N–H and O–H groups in total. The molecule has 50 heavy (non-hydrogen) atoms. The van der Waals surface area contributed by atoms with Crippen LogP contribution in [0.15, 0.2) is 174 Å². The summed E-state index contributed by atoms with van der Waals surface area (Å²) in [5, 5.41) is -1.50. The highest BCUT2D eigenvalue weighted by molar-refractivity contribution is 6.12. The highest BCUT2D eigenvalue weighted by Gasteiger charge is 2.18. The number of benzene rings is 7. The van der Waals surface area contributed by atoms with Crippen molar-refractivity contribution >= 4 is 43.7 Å². The fourth-order valence-corrected chi connectivity index (χ4v) is 5.85. The van der Waals surface area contributed by atoms with Gasteiger partial charge in [0.2, 0.25) is 0 Å². The van der Waals surface area contributed by atoms with Crippen molar-refractivity contribution in [2.75, 3.05) is 0 Å². The van der Waals surface area contributed by atoms with Crippen molar-refractivity contribution in [2.24, 2.45) is 0 Å². The quantitative estimate of drug-likeness (QED) is 0.185. The van der Waals surface area contributed by atoms with Gasteiger partial charge in [-0.15, -0.1) is 0 Å². The van der Waals surface area contributed by atoms with Crippen molar-refractivity contribution in [1.29, 1.82) is 0 Å². The topological polar surface area (TPSA) is 56.7 Å². The summed E-state index contributed by atoms with van der Waals surface area (Å²) in [5.74, 6) is 0.0922. The van der Waals surface area contributed by atoms with Gasteiger partial charge in [-0.05, 0) is 47.9 Å². The van der Waals surface area contributed by atoms with Gasteiger partial charge in [-0.2, -0.15) is 0 Å². The zero-order chi connectivity index (χ0) is 48.7. The number of aromatic nitrogens is 4. The van der Waals surface area contributed by atoms with E-state index in [4.69, 9.17) is 18.1 Å². The van der Waals surface area contributed by atoms with Crippen LogP contribution in [-0.4, -0.2) is 19.5 Å². The number of para-hydroxylation sites is 2. The minimum absolute atomic E-state index is 0.155. The Morgan fingerprint density at radius 1 is 0.460 bits per heavy atom. The average Bonchev–Trinajstić information content (AvgIpc) is 3.92. The lowest BCUT2D eigenvalue weighted by atomic mass is 10.0. The second-order valence-corrected chi connectivity index (χ2v) is 11.1. The van der Waals surface area contributed by atoms with Crippen LogP contribution in [0.3, 0.4) is 0 Å². The normalized spacial score (nSPS) is 16.6. The Morgan fingerprint density at radius 2 is 1.10 bits per heavy atom. The molecule has 7 aromatic carbocycles. The number of hydrogen-bond donors (Lipinski definition) is 0. The predicted molar refractivity (Wildman–Crippen MR) is 203 cm³/mol.